The summed E-state index contributed by atoms with van der Waals surface area (Å²) in [5.74, 6) is 1.61. The number of unbranched alkanes of at least 4 members (excludes halogenated alkanes) is 12. The first-order valence-electron chi connectivity index (χ1n) is 16.0. The van der Waals surface area contributed by atoms with Crippen molar-refractivity contribution in [3.63, 3.8) is 0 Å². The Labute approximate surface area is 234 Å². The molecule has 1 saturated carbocycles. The minimum absolute atomic E-state index is 0.158. The molecule has 0 aromatic rings. The number of hydrogen-bond acceptors (Lipinski definition) is 6. The summed E-state index contributed by atoms with van der Waals surface area (Å²) in [6.07, 6.45) is 20.8. The fraction of sp³-hybridized carbons (Fsp3) is 0.938. The Morgan fingerprint density at radius 3 is 1.11 bits per heavy atom. The van der Waals surface area contributed by atoms with Crippen molar-refractivity contribution in [2.24, 2.45) is 11.8 Å². The molecule has 0 aromatic carbocycles. The lowest BCUT2D eigenvalue weighted by Gasteiger charge is -2.27. The number of rotatable bonds is 22. The lowest BCUT2D eigenvalue weighted by Crippen LogP contribution is -2.30. The van der Waals surface area contributed by atoms with Crippen LogP contribution in [0.15, 0.2) is 0 Å². The van der Waals surface area contributed by atoms with Crippen LogP contribution in [0.25, 0.3) is 0 Å². The molecule has 1 aliphatic rings. The summed E-state index contributed by atoms with van der Waals surface area (Å²) in [7, 11) is 0. The summed E-state index contributed by atoms with van der Waals surface area (Å²) in [6.45, 7) is 9.97. The van der Waals surface area contributed by atoms with Crippen molar-refractivity contribution in [3.8, 4) is 0 Å². The number of carbonyl (C=O) groups excluding carboxylic acids is 2. The molecule has 0 amide bonds. The van der Waals surface area contributed by atoms with Crippen LogP contribution in [-0.2, 0) is 18.9 Å². The molecule has 0 bridgehead atoms. The third-order valence-corrected chi connectivity index (χ3v) is 7.44. The Hall–Kier alpha value is -1.46. The van der Waals surface area contributed by atoms with Crippen molar-refractivity contribution >= 4 is 12.3 Å². The maximum absolute atomic E-state index is 12.0. The number of hydrogen-bond donors (Lipinski definition) is 0. The molecule has 1 fully saturated rings. The van der Waals surface area contributed by atoms with E-state index in [1.165, 1.54) is 77.0 Å². The van der Waals surface area contributed by atoms with E-state index in [2.05, 4.69) is 27.7 Å². The van der Waals surface area contributed by atoms with Gasteiger partial charge < -0.3 is 18.9 Å². The maximum atomic E-state index is 12.0. The fourth-order valence-corrected chi connectivity index (χ4v) is 5.00. The monoisotopic (exact) mass is 540 g/mol. The molecule has 0 N–H and O–H groups in total. The number of ether oxygens (including phenoxy) is 4. The average Bonchev–Trinajstić information content (AvgIpc) is 2.87. The van der Waals surface area contributed by atoms with E-state index in [9.17, 15) is 9.59 Å². The quantitative estimate of drug-likeness (QED) is 0.100. The van der Waals surface area contributed by atoms with Gasteiger partial charge in [-0.05, 0) is 50.4 Å². The molecule has 0 saturated heterocycles. The summed E-state index contributed by atoms with van der Waals surface area (Å²) >= 11 is 0. The van der Waals surface area contributed by atoms with E-state index >= 15 is 0 Å². The van der Waals surface area contributed by atoms with E-state index < -0.39 is 12.3 Å². The van der Waals surface area contributed by atoms with Gasteiger partial charge in [-0.25, -0.2) is 9.59 Å². The van der Waals surface area contributed by atoms with Gasteiger partial charge in [0.05, 0.1) is 13.2 Å². The van der Waals surface area contributed by atoms with Gasteiger partial charge in [0.2, 0.25) is 0 Å². The Kier molecular flexibility index (Phi) is 21.3. The Balaban J connectivity index is 1.91. The van der Waals surface area contributed by atoms with Gasteiger partial charge in [0.1, 0.15) is 12.2 Å². The van der Waals surface area contributed by atoms with Crippen LogP contribution in [0.5, 0.6) is 0 Å². The molecular weight excluding hydrogens is 480 g/mol. The van der Waals surface area contributed by atoms with Gasteiger partial charge in [0.25, 0.3) is 0 Å². The highest BCUT2D eigenvalue weighted by atomic mass is 16.7. The molecule has 38 heavy (non-hydrogen) atoms. The van der Waals surface area contributed by atoms with Gasteiger partial charge >= 0.3 is 12.3 Å². The van der Waals surface area contributed by atoms with Crippen molar-refractivity contribution in [2.75, 3.05) is 13.2 Å². The zero-order chi connectivity index (χ0) is 27.8. The minimum atomic E-state index is -0.572. The first-order chi connectivity index (χ1) is 18.4. The highest BCUT2D eigenvalue weighted by Gasteiger charge is 2.27. The van der Waals surface area contributed by atoms with Gasteiger partial charge in [-0.2, -0.15) is 0 Å². The molecule has 0 atom stereocenters. The Bertz CT molecular complexity index is 568. The van der Waals surface area contributed by atoms with Crippen LogP contribution in [-0.4, -0.2) is 37.7 Å². The van der Waals surface area contributed by atoms with Crippen LogP contribution in [0, 0.1) is 11.8 Å². The van der Waals surface area contributed by atoms with E-state index in [0.717, 1.165) is 37.5 Å². The molecule has 6 nitrogen and oxygen atoms in total. The summed E-state index contributed by atoms with van der Waals surface area (Å²) in [5.41, 5.74) is 0. The van der Waals surface area contributed by atoms with Crippen molar-refractivity contribution < 1.29 is 28.5 Å². The second-order valence-corrected chi connectivity index (χ2v) is 12.1. The van der Waals surface area contributed by atoms with E-state index in [4.69, 9.17) is 18.9 Å². The van der Waals surface area contributed by atoms with E-state index in [1.807, 2.05) is 0 Å². The van der Waals surface area contributed by atoms with Crippen LogP contribution in [0.2, 0.25) is 0 Å². The van der Waals surface area contributed by atoms with Crippen LogP contribution in [0.1, 0.15) is 156 Å². The normalized spacial score (nSPS) is 17.5. The fourth-order valence-electron chi connectivity index (χ4n) is 5.00. The molecule has 1 aliphatic carbocycles. The van der Waals surface area contributed by atoms with Crippen molar-refractivity contribution in [2.45, 2.75) is 168 Å². The topological polar surface area (TPSA) is 71.1 Å². The molecule has 0 aliphatic heterocycles. The SMILES string of the molecule is CC(C)CCCCCCCCCCOC(=O)OC1CCC(OC(=O)OCCCCCCCCC(C)C)CC1. The van der Waals surface area contributed by atoms with Gasteiger partial charge in [-0.15, -0.1) is 0 Å². The van der Waals surface area contributed by atoms with Crippen LogP contribution < -0.4 is 0 Å². The lowest BCUT2D eigenvalue weighted by atomic mass is 9.95. The second kappa shape index (κ2) is 23.4. The Morgan fingerprint density at radius 2 is 0.789 bits per heavy atom. The van der Waals surface area contributed by atoms with Gasteiger partial charge in [0, 0.05) is 0 Å². The highest BCUT2D eigenvalue weighted by Crippen LogP contribution is 2.24. The van der Waals surface area contributed by atoms with E-state index in [0.29, 0.717) is 38.9 Å². The molecule has 0 spiro atoms. The smallest absolute Gasteiger partial charge is 0.434 e. The zero-order valence-corrected chi connectivity index (χ0v) is 25.3. The van der Waals surface area contributed by atoms with E-state index in [1.54, 1.807) is 0 Å². The molecule has 6 heteroatoms. The van der Waals surface area contributed by atoms with Crippen LogP contribution in [0.3, 0.4) is 0 Å². The van der Waals surface area contributed by atoms with Gasteiger partial charge in [-0.3, -0.25) is 0 Å². The molecule has 224 valence electrons. The van der Waals surface area contributed by atoms with Crippen molar-refractivity contribution in [1.82, 2.24) is 0 Å². The average molecular weight is 541 g/mol. The van der Waals surface area contributed by atoms with Crippen molar-refractivity contribution in [3.05, 3.63) is 0 Å². The summed E-state index contributed by atoms with van der Waals surface area (Å²) in [4.78, 5) is 23.9. The molecule has 1 rings (SSSR count). The summed E-state index contributed by atoms with van der Waals surface area (Å²) in [6, 6.07) is 0. The summed E-state index contributed by atoms with van der Waals surface area (Å²) < 4.78 is 21.4. The highest BCUT2D eigenvalue weighted by molar-refractivity contribution is 5.60. The summed E-state index contributed by atoms with van der Waals surface area (Å²) in [5, 5.41) is 0. The van der Waals surface area contributed by atoms with Crippen LogP contribution >= 0.6 is 0 Å². The third-order valence-electron chi connectivity index (χ3n) is 7.44. The van der Waals surface area contributed by atoms with Gasteiger partial charge in [0.15, 0.2) is 0 Å². The molecule has 0 heterocycles. The largest absolute Gasteiger partial charge is 0.508 e. The molecule has 0 radical (unpaired) electrons. The van der Waals surface area contributed by atoms with E-state index in [-0.39, 0.29) is 12.2 Å². The Morgan fingerprint density at radius 1 is 0.500 bits per heavy atom. The molecular formula is C32H60O6. The predicted molar refractivity (Wildman–Crippen MR) is 154 cm³/mol. The first-order valence-corrected chi connectivity index (χ1v) is 16.0. The lowest BCUT2D eigenvalue weighted by molar-refractivity contribution is -0.0271. The second-order valence-electron chi connectivity index (χ2n) is 12.1. The standard InChI is InChI=1S/C32H60O6/c1-27(2)19-15-11-7-5-6-9-13-17-25-35-31(33)37-29-21-23-30(24-22-29)38-32(34)36-26-18-14-10-8-12-16-20-28(3)4/h27-30H,5-26H2,1-4H3. The van der Waals surface area contributed by atoms with Gasteiger partial charge in [-0.1, -0.05) is 118 Å². The predicted octanol–water partition coefficient (Wildman–Crippen LogP) is 10.2. The first kappa shape index (κ1) is 34.6. The maximum Gasteiger partial charge on any atom is 0.508 e. The number of carbonyl (C=O) groups is 2. The minimum Gasteiger partial charge on any atom is -0.434 e. The molecule has 0 unspecified atom stereocenters. The third kappa shape index (κ3) is 21.5. The zero-order valence-electron chi connectivity index (χ0n) is 25.3. The molecule has 0 aromatic heterocycles. The van der Waals surface area contributed by atoms with Crippen LogP contribution in [0.4, 0.5) is 9.59 Å². The van der Waals surface area contributed by atoms with Crippen molar-refractivity contribution in [1.29, 1.82) is 0 Å².